The van der Waals surface area contributed by atoms with E-state index in [0.717, 1.165) is 19.4 Å². The van der Waals surface area contributed by atoms with E-state index in [0.29, 0.717) is 0 Å². The van der Waals surface area contributed by atoms with Crippen molar-refractivity contribution in [2.24, 2.45) is 0 Å². The Kier molecular flexibility index (Phi) is 4.65. The zero-order valence-electron chi connectivity index (χ0n) is 7.24. The van der Waals surface area contributed by atoms with Crippen molar-refractivity contribution in [1.82, 2.24) is 5.32 Å². The van der Waals surface area contributed by atoms with Crippen LogP contribution in [0.3, 0.4) is 0 Å². The van der Waals surface area contributed by atoms with Gasteiger partial charge in [0.25, 0.3) is 0 Å². The molecule has 0 heterocycles. The second-order valence-corrected chi connectivity index (χ2v) is 3.59. The van der Waals surface area contributed by atoms with Crippen molar-refractivity contribution in [3.63, 3.8) is 0 Å². The second-order valence-electron chi connectivity index (χ2n) is 3.59. The summed E-state index contributed by atoms with van der Waals surface area (Å²) in [6.07, 6.45) is 1.80. The molecule has 0 bridgehead atoms. The van der Waals surface area contributed by atoms with Crippen LogP contribution in [0.15, 0.2) is 0 Å². The number of unbranched alkanes of at least 4 members (excludes halogenated alkanes) is 1. The lowest BCUT2D eigenvalue weighted by Gasteiger charge is -2.19. The van der Waals surface area contributed by atoms with Gasteiger partial charge < -0.3 is 5.32 Å². The lowest BCUT2D eigenvalue weighted by atomic mass is 10.1. The van der Waals surface area contributed by atoms with Crippen LogP contribution < -0.4 is 5.32 Å². The van der Waals surface area contributed by atoms with Crippen LogP contribution in [-0.2, 0) is 5.11 Å². The molecule has 0 aliphatic heterocycles. The van der Waals surface area contributed by atoms with Crippen LogP contribution >= 0.6 is 0 Å². The largest absolute Gasteiger partial charge is 0.312 e. The highest BCUT2D eigenvalue weighted by molar-refractivity contribution is 4.69. The monoisotopic (exact) mass is 144 g/mol. The molecule has 0 aromatic rings. The third kappa shape index (κ3) is 7.92. The van der Waals surface area contributed by atoms with Crippen LogP contribution in [0.1, 0.15) is 33.6 Å². The molecule has 0 saturated heterocycles. The van der Waals surface area contributed by atoms with Crippen LogP contribution in [-0.4, -0.2) is 18.7 Å². The zero-order chi connectivity index (χ0) is 8.04. The molecule has 0 aromatic carbocycles. The summed E-state index contributed by atoms with van der Waals surface area (Å²) in [5.41, 5.74) is 0.197. The minimum atomic E-state index is 0.0613. The molecular weight excluding hydrogens is 126 g/mol. The van der Waals surface area contributed by atoms with Gasteiger partial charge in [0.15, 0.2) is 0 Å². The first-order chi connectivity index (χ1) is 4.56. The summed E-state index contributed by atoms with van der Waals surface area (Å²) in [5, 5.41) is 13.3. The van der Waals surface area contributed by atoms with Crippen LogP contribution in [0, 0.1) is 0 Å². The van der Waals surface area contributed by atoms with E-state index < -0.39 is 0 Å². The van der Waals surface area contributed by atoms with Crippen LogP contribution in [0.25, 0.3) is 0 Å². The van der Waals surface area contributed by atoms with Gasteiger partial charge in [0.05, 0.1) is 6.61 Å². The Hall–Kier alpha value is -0.0800. The predicted octanol–water partition coefficient (Wildman–Crippen LogP) is 1.59. The normalized spacial score (nSPS) is 12.0. The van der Waals surface area contributed by atoms with Gasteiger partial charge in [-0.05, 0) is 40.2 Å². The minimum absolute atomic E-state index is 0.0613. The van der Waals surface area contributed by atoms with E-state index in [2.05, 4.69) is 26.1 Å². The summed E-state index contributed by atoms with van der Waals surface area (Å²) in [6.45, 7) is 7.41. The van der Waals surface area contributed by atoms with Crippen molar-refractivity contribution in [3.8, 4) is 0 Å². The Morgan fingerprint density at radius 2 is 1.80 bits per heavy atom. The lowest BCUT2D eigenvalue weighted by molar-refractivity contribution is 0.185. The molecule has 0 rings (SSSR count). The first kappa shape index (κ1) is 9.92. The van der Waals surface area contributed by atoms with E-state index >= 15 is 0 Å². The summed E-state index contributed by atoms with van der Waals surface area (Å²) in [5.74, 6) is 0. The van der Waals surface area contributed by atoms with Gasteiger partial charge in [-0.1, -0.05) is 0 Å². The molecule has 0 atom stereocenters. The number of hydrogen-bond acceptors (Lipinski definition) is 1. The quantitative estimate of drug-likeness (QED) is 0.597. The topological polar surface area (TPSA) is 31.9 Å². The average Bonchev–Trinajstić information content (AvgIpc) is 1.78. The Morgan fingerprint density at radius 1 is 1.20 bits per heavy atom. The molecular formula is C8H18NO. The predicted molar refractivity (Wildman–Crippen MR) is 42.5 cm³/mol. The number of hydrogen-bond donors (Lipinski definition) is 1. The highest BCUT2D eigenvalue weighted by atomic mass is 16.2. The Labute approximate surface area is 63.6 Å². The summed E-state index contributed by atoms with van der Waals surface area (Å²) in [7, 11) is 0. The van der Waals surface area contributed by atoms with Crippen LogP contribution in [0.4, 0.5) is 0 Å². The standard InChI is InChI=1S/C8H18NO/c1-8(2,3)9-6-4-5-7-10/h9H,4-7H2,1-3H3. The number of nitrogens with one attached hydrogen (secondary N) is 1. The molecule has 10 heavy (non-hydrogen) atoms. The van der Waals surface area contributed by atoms with Gasteiger partial charge in [0.1, 0.15) is 0 Å². The molecule has 0 aliphatic rings. The SMILES string of the molecule is CC(C)(C)NCCCC[O]. The smallest absolute Gasteiger partial charge is 0.0822 e. The van der Waals surface area contributed by atoms with Gasteiger partial charge in [0, 0.05) is 5.54 Å². The second kappa shape index (κ2) is 4.69. The van der Waals surface area contributed by atoms with Gasteiger partial charge >= 0.3 is 0 Å². The van der Waals surface area contributed by atoms with Crippen LogP contribution in [0.2, 0.25) is 0 Å². The summed E-state index contributed by atoms with van der Waals surface area (Å²) in [6, 6.07) is 0. The molecule has 0 unspecified atom stereocenters. The molecule has 0 amide bonds. The first-order valence-corrected chi connectivity index (χ1v) is 3.89. The van der Waals surface area contributed by atoms with Gasteiger partial charge in [-0.25, -0.2) is 5.11 Å². The maximum Gasteiger partial charge on any atom is 0.0822 e. The minimum Gasteiger partial charge on any atom is -0.312 e. The molecule has 2 heteroatoms. The van der Waals surface area contributed by atoms with Gasteiger partial charge in [-0.2, -0.15) is 0 Å². The Morgan fingerprint density at radius 3 is 2.20 bits per heavy atom. The molecule has 0 spiro atoms. The highest BCUT2D eigenvalue weighted by Crippen LogP contribution is 1.98. The molecule has 0 saturated carbocycles. The van der Waals surface area contributed by atoms with Crippen molar-refractivity contribution in [2.75, 3.05) is 13.2 Å². The third-order valence-corrected chi connectivity index (χ3v) is 1.23. The summed E-state index contributed by atoms with van der Waals surface area (Å²) >= 11 is 0. The van der Waals surface area contributed by atoms with E-state index in [1.807, 2.05) is 0 Å². The molecule has 0 aromatic heterocycles. The zero-order valence-corrected chi connectivity index (χ0v) is 7.24. The fraction of sp³-hybridized carbons (Fsp3) is 1.00. The molecule has 1 radical (unpaired) electrons. The fourth-order valence-corrected chi connectivity index (χ4v) is 0.690. The van der Waals surface area contributed by atoms with E-state index in [9.17, 15) is 5.11 Å². The Bertz CT molecular complexity index is 75.8. The Balaban J connectivity index is 3.04. The summed E-state index contributed by atoms with van der Waals surface area (Å²) < 4.78 is 0. The maximum atomic E-state index is 10.0. The first-order valence-electron chi connectivity index (χ1n) is 3.89. The average molecular weight is 144 g/mol. The van der Waals surface area contributed by atoms with Gasteiger partial charge in [-0.3, -0.25) is 0 Å². The molecule has 0 fully saturated rings. The van der Waals surface area contributed by atoms with Crippen LogP contribution in [0.5, 0.6) is 0 Å². The van der Waals surface area contributed by atoms with Gasteiger partial charge in [-0.15, -0.1) is 0 Å². The van der Waals surface area contributed by atoms with E-state index in [1.54, 1.807) is 0 Å². The van der Waals surface area contributed by atoms with Crippen molar-refractivity contribution in [1.29, 1.82) is 0 Å². The van der Waals surface area contributed by atoms with E-state index in [1.165, 1.54) is 0 Å². The van der Waals surface area contributed by atoms with Crippen molar-refractivity contribution >= 4 is 0 Å². The van der Waals surface area contributed by atoms with E-state index in [4.69, 9.17) is 0 Å². The highest BCUT2D eigenvalue weighted by Gasteiger charge is 2.06. The third-order valence-electron chi connectivity index (χ3n) is 1.23. The molecule has 2 nitrogen and oxygen atoms in total. The maximum absolute atomic E-state index is 10.0. The molecule has 0 aliphatic carbocycles. The van der Waals surface area contributed by atoms with Crippen molar-refractivity contribution < 1.29 is 5.11 Å². The van der Waals surface area contributed by atoms with Crippen molar-refractivity contribution in [3.05, 3.63) is 0 Å². The van der Waals surface area contributed by atoms with Gasteiger partial charge in [0.2, 0.25) is 0 Å². The molecule has 1 N–H and O–H groups in total. The van der Waals surface area contributed by atoms with Crippen molar-refractivity contribution in [2.45, 2.75) is 39.2 Å². The molecule has 61 valence electrons. The van der Waals surface area contributed by atoms with E-state index in [-0.39, 0.29) is 12.1 Å². The summed E-state index contributed by atoms with van der Waals surface area (Å²) in [4.78, 5) is 0. The number of rotatable bonds is 4. The lowest BCUT2D eigenvalue weighted by Crippen LogP contribution is -2.36. The fourth-order valence-electron chi connectivity index (χ4n) is 0.690.